The lowest BCUT2D eigenvalue weighted by Crippen LogP contribution is -2.61. The molecule has 0 aromatic heterocycles. The van der Waals surface area contributed by atoms with Gasteiger partial charge >= 0.3 is 5.97 Å². The minimum atomic E-state index is -1.97. The van der Waals surface area contributed by atoms with Gasteiger partial charge in [0.2, 0.25) is 0 Å². The lowest BCUT2D eigenvalue weighted by atomic mass is 9.74. The number of Topliss-reactive ketones (excluding diaryl/α,β-unsaturated/α-hetero) is 1. The number of nitrogens with two attached hydrogens (primary N) is 1. The van der Waals surface area contributed by atoms with Crippen LogP contribution in [0, 0.1) is 23.7 Å². The number of rotatable bonds is 7. The number of esters is 1. The van der Waals surface area contributed by atoms with Gasteiger partial charge in [-0.3, -0.25) is 9.59 Å². The van der Waals surface area contributed by atoms with Crippen LogP contribution in [0.5, 0.6) is 0 Å². The number of cyclic esters (lactones) is 1. The van der Waals surface area contributed by atoms with Crippen molar-refractivity contribution in [2.75, 3.05) is 14.2 Å². The molecule has 14 heteroatoms. The first-order valence-electron chi connectivity index (χ1n) is 18.1. The maximum Gasteiger partial charge on any atom is 0.311 e. The molecule has 0 radical (unpaired) electrons. The van der Waals surface area contributed by atoms with Gasteiger partial charge < -0.3 is 59.3 Å². The van der Waals surface area contributed by atoms with Gasteiger partial charge in [0.05, 0.1) is 47.6 Å². The molecule has 50 heavy (non-hydrogen) atoms. The summed E-state index contributed by atoms with van der Waals surface area (Å²) >= 11 is 0. The Bertz CT molecular complexity index is 1140. The highest BCUT2D eigenvalue weighted by atomic mass is 16.7. The molecular formula is C36H65NO13. The number of methoxy groups -OCH3 is 2. The lowest BCUT2D eigenvalue weighted by molar-refractivity contribution is -0.316. The topological polar surface area (TPSA) is 206 Å². The summed E-state index contributed by atoms with van der Waals surface area (Å²) in [5.41, 5.74) is 2.01. The molecule has 3 fully saturated rings. The first-order valence-corrected chi connectivity index (χ1v) is 18.1. The van der Waals surface area contributed by atoms with Crippen LogP contribution in [-0.2, 0) is 42.7 Å². The van der Waals surface area contributed by atoms with Crippen LogP contribution in [0.3, 0.4) is 0 Å². The van der Waals surface area contributed by atoms with Crippen molar-refractivity contribution in [3.63, 3.8) is 0 Å². The third-order valence-electron chi connectivity index (χ3n) is 11.7. The lowest BCUT2D eigenvalue weighted by Gasteiger charge is -2.49. The number of hydrogen-bond donors (Lipinski definition) is 5. The minimum absolute atomic E-state index is 0.0919. The average Bonchev–Trinajstić information content (AvgIpc) is 3.06. The Kier molecular flexibility index (Phi) is 14.5. The molecule has 3 saturated heterocycles. The summed E-state index contributed by atoms with van der Waals surface area (Å²) in [7, 11) is 2.97. The van der Waals surface area contributed by atoms with Crippen molar-refractivity contribution in [2.45, 2.75) is 179 Å². The summed E-state index contributed by atoms with van der Waals surface area (Å²) in [5, 5.41) is 45.0. The molecule has 0 saturated carbocycles. The Labute approximate surface area is 297 Å². The van der Waals surface area contributed by atoms with Crippen molar-refractivity contribution >= 4 is 11.8 Å². The average molecular weight is 720 g/mol. The Morgan fingerprint density at radius 1 is 0.860 bits per heavy atom. The molecule has 3 aliphatic rings. The van der Waals surface area contributed by atoms with E-state index in [1.807, 2.05) is 13.8 Å². The number of ether oxygens (including phenoxy) is 7. The molecule has 0 aromatic rings. The predicted octanol–water partition coefficient (Wildman–Crippen LogP) is 1.84. The molecular weight excluding hydrogens is 654 g/mol. The van der Waals surface area contributed by atoms with Crippen molar-refractivity contribution in [3.05, 3.63) is 0 Å². The summed E-state index contributed by atoms with van der Waals surface area (Å²) in [6.45, 7) is 16.8. The summed E-state index contributed by atoms with van der Waals surface area (Å²) in [6, 6.07) is -0.635. The molecule has 292 valence electrons. The number of aliphatic hydroxyl groups excluding tert-OH is 3. The van der Waals surface area contributed by atoms with Crippen molar-refractivity contribution in [1.29, 1.82) is 0 Å². The summed E-state index contributed by atoms with van der Waals surface area (Å²) in [5.74, 6) is -4.55. The second-order valence-electron chi connectivity index (χ2n) is 15.8. The Hall–Kier alpha value is -1.30. The van der Waals surface area contributed by atoms with Crippen molar-refractivity contribution in [3.8, 4) is 0 Å². The van der Waals surface area contributed by atoms with E-state index in [1.165, 1.54) is 28.1 Å². The van der Waals surface area contributed by atoms with E-state index in [0.29, 0.717) is 6.42 Å². The van der Waals surface area contributed by atoms with Crippen LogP contribution in [0.4, 0.5) is 0 Å². The zero-order valence-electron chi connectivity index (χ0n) is 32.0. The highest BCUT2D eigenvalue weighted by Crippen LogP contribution is 2.41. The standard InChI is InChI=1S/C36H65NO13/c1-13-24-36(10,43)29(40)19(4)26(38)17(2)15-35(9,45-12)31(50-33-27(39)23(37)14-18(3)46-33)20(5)28(21(6)32(42)48-24)49-25-16-34(8,44-11)30(41)22(7)47-25/h17-25,27-31,33,39-41,43H,13-16,37H2,1-12H3/t17-,18-,19+,20+,21-,22+,23+,24-,25+,27-,28+,29-,30+,31-,33+,34-,35-,36-/m1/s1. The summed E-state index contributed by atoms with van der Waals surface area (Å²) in [4.78, 5) is 28.0. The zero-order valence-corrected chi connectivity index (χ0v) is 32.0. The Balaban J connectivity index is 2.20. The van der Waals surface area contributed by atoms with Gasteiger partial charge in [0.1, 0.15) is 29.7 Å². The van der Waals surface area contributed by atoms with Gasteiger partial charge in [-0.2, -0.15) is 0 Å². The second-order valence-corrected chi connectivity index (χ2v) is 15.8. The van der Waals surface area contributed by atoms with Crippen LogP contribution < -0.4 is 5.73 Å². The van der Waals surface area contributed by atoms with Crippen LogP contribution in [0.25, 0.3) is 0 Å². The van der Waals surface area contributed by atoms with Gasteiger partial charge in [0, 0.05) is 44.4 Å². The summed E-state index contributed by atoms with van der Waals surface area (Å²) < 4.78 is 43.3. The van der Waals surface area contributed by atoms with E-state index in [4.69, 9.17) is 38.9 Å². The number of aliphatic hydroxyl groups is 4. The summed E-state index contributed by atoms with van der Waals surface area (Å²) in [6.07, 6.45) is -9.28. The molecule has 18 atom stereocenters. The van der Waals surface area contributed by atoms with Crippen molar-refractivity contribution < 1.29 is 63.2 Å². The van der Waals surface area contributed by atoms with E-state index in [-0.39, 0.29) is 31.1 Å². The van der Waals surface area contributed by atoms with Crippen LogP contribution in [-0.4, -0.2) is 131 Å². The third kappa shape index (κ3) is 8.90. The predicted molar refractivity (Wildman–Crippen MR) is 182 cm³/mol. The Morgan fingerprint density at radius 2 is 1.46 bits per heavy atom. The molecule has 0 spiro atoms. The Morgan fingerprint density at radius 3 is 2.02 bits per heavy atom. The van der Waals surface area contributed by atoms with Crippen LogP contribution >= 0.6 is 0 Å². The van der Waals surface area contributed by atoms with Gasteiger partial charge in [0.15, 0.2) is 12.6 Å². The highest BCUT2D eigenvalue weighted by Gasteiger charge is 2.53. The van der Waals surface area contributed by atoms with E-state index in [1.54, 1.807) is 41.5 Å². The smallest absolute Gasteiger partial charge is 0.311 e. The maximum atomic E-state index is 14.1. The molecule has 0 aromatic carbocycles. The van der Waals surface area contributed by atoms with E-state index >= 15 is 0 Å². The maximum absolute atomic E-state index is 14.1. The molecule has 14 nitrogen and oxygen atoms in total. The largest absolute Gasteiger partial charge is 0.459 e. The molecule has 3 heterocycles. The molecule has 6 N–H and O–H groups in total. The van der Waals surface area contributed by atoms with Gasteiger partial charge in [0.25, 0.3) is 0 Å². The number of hydrogen-bond acceptors (Lipinski definition) is 14. The fourth-order valence-corrected chi connectivity index (χ4v) is 8.13. The van der Waals surface area contributed by atoms with Crippen LogP contribution in [0.15, 0.2) is 0 Å². The van der Waals surface area contributed by atoms with Gasteiger partial charge in [-0.25, -0.2) is 0 Å². The molecule has 0 bridgehead atoms. The molecule has 3 aliphatic heterocycles. The zero-order chi connectivity index (χ0) is 38.1. The quantitative estimate of drug-likeness (QED) is 0.238. The molecule has 0 unspecified atom stereocenters. The van der Waals surface area contributed by atoms with Crippen LogP contribution in [0.2, 0.25) is 0 Å². The van der Waals surface area contributed by atoms with E-state index in [9.17, 15) is 30.0 Å². The molecule has 0 aliphatic carbocycles. The van der Waals surface area contributed by atoms with E-state index in [0.717, 1.165) is 0 Å². The van der Waals surface area contributed by atoms with Crippen molar-refractivity contribution in [1.82, 2.24) is 0 Å². The van der Waals surface area contributed by atoms with E-state index < -0.39 is 108 Å². The van der Waals surface area contributed by atoms with Gasteiger partial charge in [-0.15, -0.1) is 0 Å². The molecule has 0 amide bonds. The third-order valence-corrected chi connectivity index (χ3v) is 11.7. The number of carbonyl (C=O) groups excluding carboxylic acids is 2. The SMILES string of the molecule is CC[C@H]1OC(=O)[C@H](C)[C@@H](O[C@H]2C[C@@](C)(OC)[C@@H](O)[C@H](C)O2)[C@H](C)[C@@H](O[C@@H]2O[C@H](C)C[C@H](N)[C@H]2O)[C@](C)(OC)C[C@@H](C)C(=O)[C@H](C)[C@@H](O)[C@]1(C)O. The first kappa shape index (κ1) is 43.1. The molecule has 3 rings (SSSR count). The number of ketones is 1. The number of carbonyl (C=O) groups is 2. The van der Waals surface area contributed by atoms with Crippen molar-refractivity contribution in [2.24, 2.45) is 29.4 Å². The monoisotopic (exact) mass is 719 g/mol. The minimum Gasteiger partial charge on any atom is -0.459 e. The van der Waals surface area contributed by atoms with Crippen LogP contribution in [0.1, 0.15) is 94.9 Å². The fraction of sp³-hybridized carbons (Fsp3) is 0.944. The second kappa shape index (κ2) is 16.8. The van der Waals surface area contributed by atoms with Gasteiger partial charge in [-0.05, 0) is 60.8 Å². The van der Waals surface area contributed by atoms with Gasteiger partial charge in [-0.1, -0.05) is 27.7 Å². The normalized spacial score (nSPS) is 50.4. The first-order chi connectivity index (χ1) is 23.1. The van der Waals surface area contributed by atoms with E-state index in [2.05, 4.69) is 0 Å². The highest BCUT2D eigenvalue weighted by molar-refractivity contribution is 5.83. The fourth-order valence-electron chi connectivity index (χ4n) is 8.13.